The number of carboxylic acid groups (broad SMARTS) is 1. The fourth-order valence-corrected chi connectivity index (χ4v) is 5.27. The lowest BCUT2D eigenvalue weighted by atomic mass is 9.79. The molecule has 1 aliphatic rings. The Morgan fingerprint density at radius 1 is 1.30 bits per heavy atom. The summed E-state index contributed by atoms with van der Waals surface area (Å²) in [5, 5.41) is 19.0. The van der Waals surface area contributed by atoms with Gasteiger partial charge in [0.05, 0.1) is 24.0 Å². The number of carboxylic acids is 1. The van der Waals surface area contributed by atoms with E-state index in [0.717, 1.165) is 0 Å². The van der Waals surface area contributed by atoms with Gasteiger partial charge in [0, 0.05) is 0 Å². The molecular formula is C14H27NO4Si. The van der Waals surface area contributed by atoms with Crippen molar-refractivity contribution in [3.8, 4) is 0 Å². The Hall–Kier alpha value is -0.883. The van der Waals surface area contributed by atoms with Crippen molar-refractivity contribution in [2.45, 2.75) is 64.9 Å². The second-order valence-electron chi connectivity index (χ2n) is 7.40. The first-order valence-corrected chi connectivity index (χ1v) is 10.0. The minimum atomic E-state index is -2.13. The summed E-state index contributed by atoms with van der Waals surface area (Å²) < 4.78 is 1.79. The summed E-state index contributed by atoms with van der Waals surface area (Å²) in [6.45, 7) is 13.6. The molecule has 5 nitrogen and oxygen atoms in total. The summed E-state index contributed by atoms with van der Waals surface area (Å²) >= 11 is 0. The Bertz CT molecular complexity index is 414. The average Bonchev–Trinajstić information content (AvgIpc) is 2.21. The zero-order chi connectivity index (χ0) is 16.0. The molecule has 1 aliphatic heterocycles. The number of hydrogen-bond acceptors (Lipinski definition) is 3. The fourth-order valence-electron chi connectivity index (χ4n) is 2.71. The van der Waals surface area contributed by atoms with Crippen molar-refractivity contribution in [3.63, 3.8) is 0 Å². The molecule has 0 radical (unpaired) electrons. The highest BCUT2D eigenvalue weighted by Gasteiger charge is 2.60. The average molecular weight is 301 g/mol. The van der Waals surface area contributed by atoms with Gasteiger partial charge in [-0.15, -0.1) is 0 Å². The summed E-state index contributed by atoms with van der Waals surface area (Å²) in [4.78, 5) is 23.8. The molecule has 1 amide bonds. The molecule has 0 aromatic rings. The van der Waals surface area contributed by atoms with Crippen LogP contribution in [0.3, 0.4) is 0 Å². The lowest BCUT2D eigenvalue weighted by Gasteiger charge is -2.60. The molecule has 2 N–H and O–H groups in total. The van der Waals surface area contributed by atoms with Crippen LogP contribution < -0.4 is 0 Å². The largest absolute Gasteiger partial charge is 0.481 e. The Labute approximate surface area is 122 Å². The number of β-lactam (4-membered cyclic amide) rings is 1. The van der Waals surface area contributed by atoms with Gasteiger partial charge in [-0.1, -0.05) is 33.9 Å². The van der Waals surface area contributed by atoms with Crippen molar-refractivity contribution >= 4 is 20.1 Å². The molecule has 1 heterocycles. The monoisotopic (exact) mass is 301 g/mol. The number of aliphatic hydroxyl groups excluding tert-OH is 1. The Morgan fingerprint density at radius 2 is 1.75 bits per heavy atom. The van der Waals surface area contributed by atoms with Gasteiger partial charge in [-0.25, -0.2) is 0 Å². The van der Waals surface area contributed by atoms with Crippen LogP contribution in [0.25, 0.3) is 0 Å². The highest BCUT2D eigenvalue weighted by Crippen LogP contribution is 2.47. The third-order valence-corrected chi connectivity index (χ3v) is 10.4. The first-order chi connectivity index (χ1) is 8.84. The topological polar surface area (TPSA) is 77.8 Å². The molecule has 0 aromatic heterocycles. The number of carbonyl (C=O) groups is 2. The van der Waals surface area contributed by atoms with Gasteiger partial charge in [0.1, 0.15) is 0 Å². The summed E-state index contributed by atoms with van der Waals surface area (Å²) in [5.41, 5.74) is 0. The number of hydrogen-bond donors (Lipinski definition) is 2. The van der Waals surface area contributed by atoms with Gasteiger partial charge in [-0.2, -0.15) is 0 Å². The molecule has 4 atom stereocenters. The smallest absolute Gasteiger partial charge is 0.308 e. The zero-order valence-electron chi connectivity index (χ0n) is 13.5. The van der Waals surface area contributed by atoms with Gasteiger partial charge in [0.25, 0.3) is 0 Å². The Morgan fingerprint density at radius 3 is 2.05 bits per heavy atom. The van der Waals surface area contributed by atoms with E-state index in [1.807, 2.05) is 0 Å². The van der Waals surface area contributed by atoms with E-state index in [2.05, 4.69) is 33.9 Å². The molecule has 0 aromatic carbocycles. The fraction of sp³-hybridized carbons (Fsp3) is 0.857. The number of carbonyl (C=O) groups excluding carboxylic acids is 1. The molecule has 0 aliphatic carbocycles. The van der Waals surface area contributed by atoms with Crippen LogP contribution in [0.5, 0.6) is 0 Å². The Kier molecular flexibility index (Phi) is 4.42. The van der Waals surface area contributed by atoms with Gasteiger partial charge < -0.3 is 14.8 Å². The van der Waals surface area contributed by atoms with Gasteiger partial charge in [0.2, 0.25) is 5.91 Å². The van der Waals surface area contributed by atoms with E-state index in [0.29, 0.717) is 0 Å². The van der Waals surface area contributed by atoms with Crippen molar-refractivity contribution in [3.05, 3.63) is 0 Å². The molecule has 0 bridgehead atoms. The van der Waals surface area contributed by atoms with Crippen molar-refractivity contribution in [2.24, 2.45) is 11.8 Å². The first-order valence-electron chi connectivity index (χ1n) is 7.08. The predicted molar refractivity (Wildman–Crippen MR) is 79.8 cm³/mol. The standard InChI is InChI=1S/C14H27NO4Si/c1-8(13(18)19)11-10(9(2)16)12(17)15(11)20(6,7)14(3,4)5/h8-11,16H,1-7H3,(H,18,19)/t8-,9-,10-,11-/m1/s1. The summed E-state index contributed by atoms with van der Waals surface area (Å²) in [5.74, 6) is -2.27. The molecule has 1 rings (SSSR count). The maximum absolute atomic E-state index is 12.4. The van der Waals surface area contributed by atoms with Gasteiger partial charge in [-0.05, 0) is 18.9 Å². The SMILES string of the molecule is C[C@@H](O)[C@H]1C(=O)N([Si](C)(C)C(C)(C)C)[C@@H]1[C@@H](C)C(=O)O. The van der Waals surface area contributed by atoms with E-state index in [9.17, 15) is 19.8 Å². The van der Waals surface area contributed by atoms with Gasteiger partial charge >= 0.3 is 5.97 Å². The number of nitrogens with zero attached hydrogens (tertiary/aromatic N) is 1. The van der Waals surface area contributed by atoms with Crippen LogP contribution in [0.2, 0.25) is 18.1 Å². The molecular weight excluding hydrogens is 274 g/mol. The van der Waals surface area contributed by atoms with Gasteiger partial charge in [0.15, 0.2) is 8.24 Å². The molecule has 0 unspecified atom stereocenters. The van der Waals surface area contributed by atoms with E-state index in [-0.39, 0.29) is 10.9 Å². The predicted octanol–water partition coefficient (Wildman–Crippen LogP) is 1.92. The van der Waals surface area contributed by atoms with Crippen LogP contribution in [-0.2, 0) is 9.59 Å². The van der Waals surface area contributed by atoms with E-state index in [1.54, 1.807) is 18.4 Å². The third kappa shape index (κ3) is 2.51. The lowest BCUT2D eigenvalue weighted by molar-refractivity contribution is -0.164. The zero-order valence-corrected chi connectivity index (χ0v) is 14.5. The van der Waals surface area contributed by atoms with Gasteiger partial charge in [-0.3, -0.25) is 9.59 Å². The summed E-state index contributed by atoms with van der Waals surface area (Å²) in [6.07, 6.45) is -0.810. The van der Waals surface area contributed by atoms with Crippen LogP contribution >= 0.6 is 0 Å². The minimum absolute atomic E-state index is 0.0528. The number of aliphatic carboxylic acids is 1. The normalized spacial score (nSPS) is 27.0. The van der Waals surface area contributed by atoms with Crippen molar-refractivity contribution in [1.29, 1.82) is 0 Å². The first kappa shape index (κ1) is 17.2. The quantitative estimate of drug-likeness (QED) is 0.614. The minimum Gasteiger partial charge on any atom is -0.481 e. The number of rotatable bonds is 4. The second kappa shape index (κ2) is 5.15. The van der Waals surface area contributed by atoms with Crippen molar-refractivity contribution in [2.75, 3.05) is 0 Å². The molecule has 1 saturated heterocycles. The van der Waals surface area contributed by atoms with Crippen LogP contribution in [0.15, 0.2) is 0 Å². The van der Waals surface area contributed by atoms with E-state index in [4.69, 9.17) is 0 Å². The Balaban J connectivity index is 3.19. The van der Waals surface area contributed by atoms with E-state index >= 15 is 0 Å². The molecule has 116 valence electrons. The van der Waals surface area contributed by atoms with Crippen LogP contribution in [0.4, 0.5) is 0 Å². The lowest BCUT2D eigenvalue weighted by Crippen LogP contribution is -2.76. The second-order valence-corrected chi connectivity index (χ2v) is 12.5. The third-order valence-electron chi connectivity index (χ3n) is 5.05. The molecule has 1 fully saturated rings. The summed E-state index contributed by atoms with van der Waals surface area (Å²) in [7, 11) is -2.13. The summed E-state index contributed by atoms with van der Waals surface area (Å²) in [6, 6.07) is -0.402. The number of aliphatic hydroxyl groups is 1. The van der Waals surface area contributed by atoms with E-state index < -0.39 is 38.2 Å². The van der Waals surface area contributed by atoms with Crippen LogP contribution in [0, 0.1) is 11.8 Å². The molecule has 0 saturated carbocycles. The number of amides is 1. The maximum atomic E-state index is 12.4. The van der Waals surface area contributed by atoms with Crippen molar-refractivity contribution < 1.29 is 19.8 Å². The maximum Gasteiger partial charge on any atom is 0.308 e. The molecule has 20 heavy (non-hydrogen) atoms. The molecule has 0 spiro atoms. The highest BCUT2D eigenvalue weighted by atomic mass is 28.3. The van der Waals surface area contributed by atoms with Crippen LogP contribution in [-0.4, -0.2) is 47.0 Å². The molecule has 6 heteroatoms. The van der Waals surface area contributed by atoms with Crippen LogP contribution in [0.1, 0.15) is 34.6 Å². The van der Waals surface area contributed by atoms with Crippen molar-refractivity contribution in [1.82, 2.24) is 4.57 Å². The van der Waals surface area contributed by atoms with E-state index in [1.165, 1.54) is 0 Å². The highest BCUT2D eigenvalue weighted by molar-refractivity contribution is 6.80.